The van der Waals surface area contributed by atoms with E-state index in [4.69, 9.17) is 0 Å². The summed E-state index contributed by atoms with van der Waals surface area (Å²) in [6.45, 7) is 0. The summed E-state index contributed by atoms with van der Waals surface area (Å²) in [7, 11) is 0. The molecule has 1 spiro atoms. The molecule has 23 heavy (non-hydrogen) atoms. The minimum absolute atomic E-state index is 0.0922. The Morgan fingerprint density at radius 2 is 1.74 bits per heavy atom. The molecule has 2 aromatic carbocycles. The molecular weight excluding hydrogens is 309 g/mol. The molecule has 2 aliphatic rings. The summed E-state index contributed by atoms with van der Waals surface area (Å²) in [6, 6.07) is 16.3. The minimum Gasteiger partial charge on any atom is -0.296 e. The lowest BCUT2D eigenvalue weighted by atomic mass is 10.0. The summed E-state index contributed by atoms with van der Waals surface area (Å²) in [5.41, 5.74) is 2.09. The van der Waals surface area contributed by atoms with E-state index in [1.807, 2.05) is 35.2 Å². The maximum Gasteiger partial charge on any atom is 0.228 e. The molecule has 1 heterocycles. The van der Waals surface area contributed by atoms with Crippen LogP contribution in [0.5, 0.6) is 0 Å². The van der Waals surface area contributed by atoms with E-state index in [1.54, 1.807) is 23.9 Å². The molecule has 1 amide bonds. The van der Waals surface area contributed by atoms with Gasteiger partial charge in [-0.15, -0.1) is 11.8 Å². The topological polar surface area (TPSA) is 20.3 Å². The number of hydrogen-bond donors (Lipinski definition) is 0. The molecule has 1 atom stereocenters. The number of amides is 1. The van der Waals surface area contributed by atoms with Gasteiger partial charge in [-0.2, -0.15) is 0 Å². The molecule has 1 saturated heterocycles. The fraction of sp³-hybridized carbons (Fsp3) is 0.316. The molecular formula is C19H18FNOS. The number of carbonyl (C=O) groups is 1. The SMILES string of the molecule is O=C1CC2(CC2)CSC(c2ccc(F)cc2)N1c1ccccc1. The summed E-state index contributed by atoms with van der Waals surface area (Å²) in [5.74, 6) is 0.918. The Hall–Kier alpha value is -1.81. The summed E-state index contributed by atoms with van der Waals surface area (Å²) >= 11 is 1.80. The monoisotopic (exact) mass is 327 g/mol. The predicted molar refractivity (Wildman–Crippen MR) is 91.8 cm³/mol. The van der Waals surface area contributed by atoms with Gasteiger partial charge in [-0.1, -0.05) is 30.3 Å². The lowest BCUT2D eigenvalue weighted by molar-refractivity contribution is -0.119. The van der Waals surface area contributed by atoms with Crippen molar-refractivity contribution < 1.29 is 9.18 Å². The van der Waals surface area contributed by atoms with Crippen LogP contribution in [0.1, 0.15) is 30.2 Å². The molecule has 1 aliphatic carbocycles. The van der Waals surface area contributed by atoms with Crippen molar-refractivity contribution in [3.8, 4) is 0 Å². The van der Waals surface area contributed by atoms with Gasteiger partial charge in [0, 0.05) is 17.9 Å². The highest BCUT2D eigenvalue weighted by Crippen LogP contribution is 2.56. The lowest BCUT2D eigenvalue weighted by Crippen LogP contribution is -2.32. The van der Waals surface area contributed by atoms with Crippen LogP contribution in [-0.2, 0) is 4.79 Å². The van der Waals surface area contributed by atoms with Gasteiger partial charge in [0.1, 0.15) is 11.2 Å². The van der Waals surface area contributed by atoms with Gasteiger partial charge in [-0.05, 0) is 48.1 Å². The number of hydrogen-bond acceptors (Lipinski definition) is 2. The number of rotatable bonds is 2. The molecule has 4 heteroatoms. The normalized spacial score (nSPS) is 22.9. The first-order valence-corrected chi connectivity index (χ1v) is 8.96. The van der Waals surface area contributed by atoms with Crippen molar-refractivity contribution in [2.75, 3.05) is 10.7 Å². The third-order valence-electron chi connectivity index (χ3n) is 4.72. The highest BCUT2D eigenvalue weighted by molar-refractivity contribution is 7.99. The van der Waals surface area contributed by atoms with Crippen molar-refractivity contribution in [1.82, 2.24) is 0 Å². The molecule has 1 aliphatic heterocycles. The highest BCUT2D eigenvalue weighted by Gasteiger charge is 2.48. The zero-order valence-corrected chi connectivity index (χ0v) is 13.6. The van der Waals surface area contributed by atoms with Crippen LogP contribution in [0.15, 0.2) is 54.6 Å². The van der Waals surface area contributed by atoms with Crippen molar-refractivity contribution in [1.29, 1.82) is 0 Å². The minimum atomic E-state index is -0.247. The third-order valence-corrected chi connectivity index (χ3v) is 6.30. The maximum atomic E-state index is 13.3. The molecule has 0 bridgehead atoms. The van der Waals surface area contributed by atoms with Crippen LogP contribution in [0.2, 0.25) is 0 Å². The Morgan fingerprint density at radius 1 is 1.04 bits per heavy atom. The molecule has 2 aromatic rings. The maximum absolute atomic E-state index is 13.3. The van der Waals surface area contributed by atoms with E-state index in [1.165, 1.54) is 12.1 Å². The molecule has 0 radical (unpaired) electrons. The smallest absolute Gasteiger partial charge is 0.228 e. The van der Waals surface area contributed by atoms with Gasteiger partial charge in [-0.3, -0.25) is 9.69 Å². The van der Waals surface area contributed by atoms with Gasteiger partial charge in [0.2, 0.25) is 5.91 Å². The van der Waals surface area contributed by atoms with E-state index >= 15 is 0 Å². The summed E-state index contributed by atoms with van der Waals surface area (Å²) < 4.78 is 13.3. The van der Waals surface area contributed by atoms with Crippen LogP contribution < -0.4 is 4.90 Å². The number of benzene rings is 2. The Balaban J connectivity index is 1.75. The van der Waals surface area contributed by atoms with Crippen LogP contribution in [0.3, 0.4) is 0 Å². The molecule has 1 saturated carbocycles. The number of nitrogens with zero attached hydrogens (tertiary/aromatic N) is 1. The van der Waals surface area contributed by atoms with E-state index < -0.39 is 0 Å². The van der Waals surface area contributed by atoms with Crippen molar-refractivity contribution in [3.05, 3.63) is 66.0 Å². The fourth-order valence-electron chi connectivity index (χ4n) is 3.16. The number of carbonyl (C=O) groups excluding carboxylic acids is 1. The van der Waals surface area contributed by atoms with Crippen LogP contribution in [0.4, 0.5) is 10.1 Å². The third kappa shape index (κ3) is 2.88. The molecule has 118 valence electrons. The van der Waals surface area contributed by atoms with Crippen molar-refractivity contribution >= 4 is 23.4 Å². The number of anilines is 1. The molecule has 4 rings (SSSR count). The first kappa shape index (κ1) is 14.8. The second kappa shape index (κ2) is 5.68. The van der Waals surface area contributed by atoms with E-state index in [0.29, 0.717) is 6.42 Å². The standard InChI is InChI=1S/C19H18FNOS/c20-15-8-6-14(7-9-15)18-21(16-4-2-1-3-5-16)17(22)12-19(10-11-19)13-23-18/h1-9,18H,10-13H2. The molecule has 1 unspecified atom stereocenters. The largest absolute Gasteiger partial charge is 0.296 e. The van der Waals surface area contributed by atoms with Gasteiger partial charge in [0.25, 0.3) is 0 Å². The first-order valence-electron chi connectivity index (χ1n) is 7.91. The average molecular weight is 327 g/mol. The summed E-state index contributed by atoms with van der Waals surface area (Å²) in [4.78, 5) is 14.9. The van der Waals surface area contributed by atoms with Crippen molar-refractivity contribution in [2.24, 2.45) is 5.41 Å². The molecule has 0 N–H and O–H groups in total. The van der Waals surface area contributed by atoms with E-state index in [9.17, 15) is 9.18 Å². The van der Waals surface area contributed by atoms with E-state index in [0.717, 1.165) is 29.8 Å². The van der Waals surface area contributed by atoms with Gasteiger partial charge in [0.05, 0.1) is 0 Å². The Kier molecular flexibility index (Phi) is 3.64. The number of para-hydroxylation sites is 1. The molecule has 2 fully saturated rings. The van der Waals surface area contributed by atoms with E-state index in [-0.39, 0.29) is 22.5 Å². The van der Waals surface area contributed by atoms with Gasteiger partial charge in [0.15, 0.2) is 0 Å². The summed E-state index contributed by atoms with van der Waals surface area (Å²) in [6.07, 6.45) is 2.90. The zero-order valence-electron chi connectivity index (χ0n) is 12.7. The Bertz CT molecular complexity index is 712. The Labute approximate surface area is 139 Å². The second-order valence-corrected chi connectivity index (χ2v) is 7.56. The number of thioether (sulfide) groups is 1. The highest BCUT2D eigenvalue weighted by atomic mass is 32.2. The fourth-order valence-corrected chi connectivity index (χ4v) is 4.80. The molecule has 0 aromatic heterocycles. The van der Waals surface area contributed by atoms with E-state index in [2.05, 4.69) is 0 Å². The van der Waals surface area contributed by atoms with Crippen molar-refractivity contribution in [2.45, 2.75) is 24.6 Å². The summed E-state index contributed by atoms with van der Waals surface area (Å²) in [5, 5.41) is -0.0922. The number of halogens is 1. The lowest BCUT2D eigenvalue weighted by Gasteiger charge is -2.30. The quantitative estimate of drug-likeness (QED) is 0.791. The first-order chi connectivity index (χ1) is 11.2. The molecule has 2 nitrogen and oxygen atoms in total. The predicted octanol–water partition coefficient (Wildman–Crippen LogP) is 4.77. The van der Waals surface area contributed by atoms with Gasteiger partial charge < -0.3 is 0 Å². The Morgan fingerprint density at radius 3 is 2.39 bits per heavy atom. The van der Waals surface area contributed by atoms with Gasteiger partial charge >= 0.3 is 0 Å². The zero-order chi connectivity index (χ0) is 15.9. The average Bonchev–Trinajstić information content (AvgIpc) is 3.34. The van der Waals surface area contributed by atoms with Gasteiger partial charge in [-0.25, -0.2) is 4.39 Å². The van der Waals surface area contributed by atoms with Crippen LogP contribution in [-0.4, -0.2) is 11.7 Å². The van der Waals surface area contributed by atoms with Crippen molar-refractivity contribution in [3.63, 3.8) is 0 Å². The van der Waals surface area contributed by atoms with Crippen LogP contribution in [0.25, 0.3) is 0 Å². The van der Waals surface area contributed by atoms with Crippen LogP contribution in [0, 0.1) is 11.2 Å². The van der Waals surface area contributed by atoms with Crippen LogP contribution >= 0.6 is 11.8 Å². The second-order valence-electron chi connectivity index (χ2n) is 6.49.